The van der Waals surface area contributed by atoms with E-state index in [0.29, 0.717) is 23.9 Å². The summed E-state index contributed by atoms with van der Waals surface area (Å²) in [5.74, 6) is 0.649. The van der Waals surface area contributed by atoms with E-state index in [4.69, 9.17) is 10.5 Å². The summed E-state index contributed by atoms with van der Waals surface area (Å²) in [5.41, 5.74) is 6.92. The number of amides is 1. The SMILES string of the molecule is CCOc1cc2cnc(N)n2cc1C(=O)NC. The molecule has 2 rings (SSSR count). The third-order valence-corrected chi connectivity index (χ3v) is 2.43. The van der Waals surface area contributed by atoms with Crippen LogP contribution in [0.15, 0.2) is 18.5 Å². The third kappa shape index (κ3) is 1.89. The predicted molar refractivity (Wildman–Crippen MR) is 64.2 cm³/mol. The van der Waals surface area contributed by atoms with Crippen molar-refractivity contribution in [2.75, 3.05) is 19.4 Å². The predicted octanol–water partition coefficient (Wildman–Crippen LogP) is 0.675. The van der Waals surface area contributed by atoms with Crippen LogP contribution in [0, 0.1) is 0 Å². The number of anilines is 1. The van der Waals surface area contributed by atoms with Gasteiger partial charge in [-0.25, -0.2) is 4.98 Å². The molecule has 0 aliphatic carbocycles. The Morgan fingerprint density at radius 3 is 3.06 bits per heavy atom. The van der Waals surface area contributed by atoms with Gasteiger partial charge >= 0.3 is 0 Å². The summed E-state index contributed by atoms with van der Waals surface area (Å²) in [7, 11) is 1.57. The molecule has 0 bridgehead atoms. The minimum absolute atomic E-state index is 0.219. The number of hydrogen-bond acceptors (Lipinski definition) is 4. The van der Waals surface area contributed by atoms with Crippen LogP contribution < -0.4 is 15.8 Å². The molecular weight excluding hydrogens is 220 g/mol. The van der Waals surface area contributed by atoms with Gasteiger partial charge in [0.05, 0.1) is 23.9 Å². The Bertz CT molecular complexity index is 562. The molecule has 3 N–H and O–H groups in total. The number of aromatic nitrogens is 2. The highest BCUT2D eigenvalue weighted by atomic mass is 16.5. The Morgan fingerprint density at radius 1 is 1.65 bits per heavy atom. The Balaban J connectivity index is 2.63. The average molecular weight is 234 g/mol. The summed E-state index contributed by atoms with van der Waals surface area (Å²) in [5, 5.41) is 2.56. The first-order valence-corrected chi connectivity index (χ1v) is 5.28. The summed E-state index contributed by atoms with van der Waals surface area (Å²) >= 11 is 0. The van der Waals surface area contributed by atoms with Crippen LogP contribution in [0.2, 0.25) is 0 Å². The monoisotopic (exact) mass is 234 g/mol. The second-order valence-corrected chi connectivity index (χ2v) is 3.47. The van der Waals surface area contributed by atoms with Crippen molar-refractivity contribution in [2.24, 2.45) is 0 Å². The van der Waals surface area contributed by atoms with Crippen molar-refractivity contribution in [3.05, 3.63) is 24.0 Å². The first kappa shape index (κ1) is 11.3. The maximum absolute atomic E-state index is 11.7. The van der Waals surface area contributed by atoms with Crippen LogP contribution >= 0.6 is 0 Å². The van der Waals surface area contributed by atoms with Gasteiger partial charge < -0.3 is 15.8 Å². The molecule has 6 heteroatoms. The van der Waals surface area contributed by atoms with Crippen LogP contribution in [0.1, 0.15) is 17.3 Å². The zero-order valence-corrected chi connectivity index (χ0v) is 9.73. The van der Waals surface area contributed by atoms with Crippen molar-refractivity contribution in [2.45, 2.75) is 6.92 Å². The number of nitrogens with two attached hydrogens (primary N) is 1. The smallest absolute Gasteiger partial charge is 0.256 e. The van der Waals surface area contributed by atoms with E-state index in [1.54, 1.807) is 29.9 Å². The van der Waals surface area contributed by atoms with E-state index >= 15 is 0 Å². The molecule has 0 unspecified atom stereocenters. The lowest BCUT2D eigenvalue weighted by Gasteiger charge is -2.10. The van der Waals surface area contributed by atoms with Gasteiger partial charge in [-0.1, -0.05) is 0 Å². The van der Waals surface area contributed by atoms with E-state index in [9.17, 15) is 4.79 Å². The summed E-state index contributed by atoms with van der Waals surface area (Å²) in [6.45, 7) is 2.35. The number of nitrogen functional groups attached to an aromatic ring is 1. The van der Waals surface area contributed by atoms with Gasteiger partial charge in [0.1, 0.15) is 5.75 Å². The molecule has 0 fully saturated rings. The van der Waals surface area contributed by atoms with Gasteiger partial charge in [0.15, 0.2) is 0 Å². The van der Waals surface area contributed by atoms with Gasteiger partial charge in [-0.3, -0.25) is 9.20 Å². The lowest BCUT2D eigenvalue weighted by molar-refractivity contribution is 0.0959. The molecule has 0 aliphatic heterocycles. The molecule has 0 saturated carbocycles. The maximum Gasteiger partial charge on any atom is 0.256 e. The highest BCUT2D eigenvalue weighted by Crippen LogP contribution is 2.22. The lowest BCUT2D eigenvalue weighted by atomic mass is 10.2. The number of nitrogens with one attached hydrogen (secondary N) is 1. The quantitative estimate of drug-likeness (QED) is 0.818. The number of pyridine rings is 1. The number of hydrogen-bond donors (Lipinski definition) is 2. The van der Waals surface area contributed by atoms with Crippen molar-refractivity contribution >= 4 is 17.4 Å². The molecule has 0 spiro atoms. The normalized spacial score (nSPS) is 10.5. The summed E-state index contributed by atoms with van der Waals surface area (Å²) in [6, 6.07) is 1.75. The molecule has 0 saturated heterocycles. The summed E-state index contributed by atoms with van der Waals surface area (Å²) in [4.78, 5) is 15.7. The van der Waals surface area contributed by atoms with Crippen LogP contribution in [0.25, 0.3) is 5.52 Å². The summed E-state index contributed by atoms with van der Waals surface area (Å²) in [6.07, 6.45) is 3.26. The highest BCUT2D eigenvalue weighted by Gasteiger charge is 2.14. The molecule has 0 atom stereocenters. The average Bonchev–Trinajstić information content (AvgIpc) is 2.69. The van der Waals surface area contributed by atoms with E-state index in [2.05, 4.69) is 10.3 Å². The molecule has 2 heterocycles. The topological polar surface area (TPSA) is 81.7 Å². The zero-order chi connectivity index (χ0) is 12.4. The van der Waals surface area contributed by atoms with Gasteiger partial charge in [-0.2, -0.15) is 0 Å². The number of ether oxygens (including phenoxy) is 1. The number of carbonyl (C=O) groups is 1. The van der Waals surface area contributed by atoms with Crippen LogP contribution in [0.5, 0.6) is 5.75 Å². The summed E-state index contributed by atoms with van der Waals surface area (Å²) < 4.78 is 7.08. The Labute approximate surface area is 98.4 Å². The van der Waals surface area contributed by atoms with Gasteiger partial charge in [0, 0.05) is 19.3 Å². The van der Waals surface area contributed by atoms with E-state index in [1.807, 2.05) is 6.92 Å². The van der Waals surface area contributed by atoms with Crippen LogP contribution in [0.3, 0.4) is 0 Å². The molecule has 0 aromatic carbocycles. The number of nitrogens with zero attached hydrogens (tertiary/aromatic N) is 2. The fourth-order valence-corrected chi connectivity index (χ4v) is 1.62. The van der Waals surface area contributed by atoms with Crippen molar-refractivity contribution in [3.63, 3.8) is 0 Å². The molecule has 2 aromatic rings. The van der Waals surface area contributed by atoms with Gasteiger partial charge in [-0.05, 0) is 6.92 Å². The second-order valence-electron chi connectivity index (χ2n) is 3.47. The minimum atomic E-state index is -0.219. The fourth-order valence-electron chi connectivity index (χ4n) is 1.62. The highest BCUT2D eigenvalue weighted by molar-refractivity contribution is 5.97. The molecule has 0 radical (unpaired) electrons. The Hall–Kier alpha value is -2.24. The Morgan fingerprint density at radius 2 is 2.41 bits per heavy atom. The standard InChI is InChI=1S/C11H14N4O2/c1-3-17-9-4-7-5-14-11(12)15(7)6-8(9)10(16)13-2/h4-6H,3H2,1-2H3,(H2,12,14)(H,13,16). The van der Waals surface area contributed by atoms with E-state index in [1.165, 1.54) is 0 Å². The minimum Gasteiger partial charge on any atom is -0.493 e. The van der Waals surface area contributed by atoms with E-state index < -0.39 is 0 Å². The number of imidazole rings is 1. The molecule has 6 nitrogen and oxygen atoms in total. The Kier molecular flexibility index (Phi) is 2.86. The van der Waals surface area contributed by atoms with Crippen molar-refractivity contribution in [1.29, 1.82) is 0 Å². The number of rotatable bonds is 3. The van der Waals surface area contributed by atoms with E-state index in [-0.39, 0.29) is 5.91 Å². The molecule has 1 amide bonds. The molecule has 90 valence electrons. The maximum atomic E-state index is 11.7. The van der Waals surface area contributed by atoms with Crippen molar-refractivity contribution in [1.82, 2.24) is 14.7 Å². The first-order valence-electron chi connectivity index (χ1n) is 5.28. The lowest BCUT2D eigenvalue weighted by Crippen LogP contribution is -2.19. The fraction of sp³-hybridized carbons (Fsp3) is 0.273. The largest absolute Gasteiger partial charge is 0.493 e. The molecule has 17 heavy (non-hydrogen) atoms. The third-order valence-electron chi connectivity index (χ3n) is 2.43. The molecule has 0 aliphatic rings. The number of carbonyl (C=O) groups excluding carboxylic acids is 1. The molecule has 2 aromatic heterocycles. The van der Waals surface area contributed by atoms with Crippen molar-refractivity contribution in [3.8, 4) is 5.75 Å². The molecular formula is C11H14N4O2. The van der Waals surface area contributed by atoms with Gasteiger partial charge in [0.25, 0.3) is 5.91 Å². The van der Waals surface area contributed by atoms with Crippen LogP contribution in [-0.4, -0.2) is 28.9 Å². The van der Waals surface area contributed by atoms with Crippen LogP contribution in [-0.2, 0) is 0 Å². The van der Waals surface area contributed by atoms with Gasteiger partial charge in [-0.15, -0.1) is 0 Å². The van der Waals surface area contributed by atoms with E-state index in [0.717, 1.165) is 5.52 Å². The second kappa shape index (κ2) is 4.32. The number of fused-ring (bicyclic) bond motifs is 1. The van der Waals surface area contributed by atoms with Crippen LogP contribution in [0.4, 0.5) is 5.95 Å². The van der Waals surface area contributed by atoms with Gasteiger partial charge in [0.2, 0.25) is 5.95 Å². The zero-order valence-electron chi connectivity index (χ0n) is 9.73. The van der Waals surface area contributed by atoms with Crippen molar-refractivity contribution < 1.29 is 9.53 Å². The first-order chi connectivity index (χ1) is 8.17.